The Kier molecular flexibility index (Phi) is 4.14. The van der Waals surface area contributed by atoms with Crippen LogP contribution in [0.25, 0.3) is 0 Å². The Balaban J connectivity index is 1.84. The average Bonchev–Trinajstić information content (AvgIpc) is 2.89. The monoisotopic (exact) mass is 321 g/mol. The smallest absolute Gasteiger partial charge is 0.331 e. The maximum Gasteiger partial charge on any atom is 0.331 e. The average molecular weight is 321 g/mol. The summed E-state index contributed by atoms with van der Waals surface area (Å²) in [7, 11) is 2.93. The molecule has 7 nitrogen and oxygen atoms in total. The first-order chi connectivity index (χ1) is 10.9. The molecule has 1 atom stereocenters. The molecule has 23 heavy (non-hydrogen) atoms. The fourth-order valence-electron chi connectivity index (χ4n) is 3.62. The van der Waals surface area contributed by atoms with E-state index in [9.17, 15) is 14.4 Å². The highest BCUT2D eigenvalue weighted by atomic mass is 16.5. The number of likely N-dealkylation sites (tertiary alicyclic amines) is 1. The summed E-state index contributed by atoms with van der Waals surface area (Å²) >= 11 is 0. The minimum Gasteiger partial charge on any atom is -0.375 e. The number of hydrogen-bond donors (Lipinski definition) is 0. The van der Waals surface area contributed by atoms with Crippen molar-refractivity contribution in [1.82, 2.24) is 14.0 Å². The van der Waals surface area contributed by atoms with Gasteiger partial charge in [-0.2, -0.15) is 0 Å². The Hall–Kier alpha value is -1.89. The highest BCUT2D eigenvalue weighted by Crippen LogP contribution is 2.35. The highest BCUT2D eigenvalue weighted by Gasteiger charge is 2.37. The van der Waals surface area contributed by atoms with E-state index in [2.05, 4.69) is 0 Å². The second-order valence-electron chi connectivity index (χ2n) is 6.55. The van der Waals surface area contributed by atoms with Crippen molar-refractivity contribution < 1.29 is 9.53 Å². The van der Waals surface area contributed by atoms with E-state index < -0.39 is 11.2 Å². The largest absolute Gasteiger partial charge is 0.375 e. The quantitative estimate of drug-likeness (QED) is 0.744. The molecule has 2 aliphatic heterocycles. The van der Waals surface area contributed by atoms with Crippen LogP contribution in [0.5, 0.6) is 0 Å². The lowest BCUT2D eigenvalue weighted by Crippen LogP contribution is -2.42. The second-order valence-corrected chi connectivity index (χ2v) is 6.55. The molecule has 3 rings (SSSR count). The van der Waals surface area contributed by atoms with Gasteiger partial charge in [0.15, 0.2) is 0 Å². The van der Waals surface area contributed by atoms with Crippen LogP contribution in [-0.4, -0.2) is 45.2 Å². The maximum atomic E-state index is 12.8. The van der Waals surface area contributed by atoms with Gasteiger partial charge >= 0.3 is 5.69 Å². The Morgan fingerprint density at radius 1 is 1.09 bits per heavy atom. The Bertz CT molecular complexity index is 728. The molecule has 0 N–H and O–H groups in total. The molecular weight excluding hydrogens is 298 g/mol. The van der Waals surface area contributed by atoms with Crippen LogP contribution in [0.1, 0.15) is 42.6 Å². The molecule has 3 heterocycles. The van der Waals surface area contributed by atoms with Gasteiger partial charge in [-0.1, -0.05) is 0 Å². The van der Waals surface area contributed by atoms with Gasteiger partial charge in [-0.15, -0.1) is 0 Å². The molecule has 2 saturated heterocycles. The van der Waals surface area contributed by atoms with Crippen LogP contribution in [0.3, 0.4) is 0 Å². The Labute approximate surface area is 134 Å². The summed E-state index contributed by atoms with van der Waals surface area (Å²) in [5, 5.41) is 0. The molecule has 0 bridgehead atoms. The molecule has 0 saturated carbocycles. The molecule has 2 fully saturated rings. The van der Waals surface area contributed by atoms with Crippen LogP contribution in [-0.2, 0) is 18.8 Å². The second kappa shape index (κ2) is 5.96. The van der Waals surface area contributed by atoms with E-state index in [1.807, 2.05) is 0 Å². The summed E-state index contributed by atoms with van der Waals surface area (Å²) < 4.78 is 8.17. The molecule has 2 aliphatic rings. The summed E-state index contributed by atoms with van der Waals surface area (Å²) in [4.78, 5) is 38.3. The number of nitrogens with zero attached hydrogens (tertiary/aromatic N) is 3. The lowest BCUT2D eigenvalue weighted by atomic mass is 9.92. The molecule has 1 spiro atoms. The molecule has 0 unspecified atom stereocenters. The van der Waals surface area contributed by atoms with Crippen molar-refractivity contribution >= 4 is 5.91 Å². The summed E-state index contributed by atoms with van der Waals surface area (Å²) in [5.41, 5.74) is -0.859. The Morgan fingerprint density at radius 3 is 2.52 bits per heavy atom. The standard InChI is InChI=1S/C16H23N3O4/c1-17-12(11-13(20)18(2)15(17)22)14(21)19-8-3-5-16(7-9-19)6-4-10-23-16/h11H,3-10H2,1-2H3/t16-/m1/s1. The lowest BCUT2D eigenvalue weighted by Gasteiger charge is -2.27. The molecule has 1 aromatic rings. The summed E-state index contributed by atoms with van der Waals surface area (Å²) in [6.45, 7) is 2.03. The molecule has 126 valence electrons. The van der Waals surface area contributed by atoms with Crippen molar-refractivity contribution in [2.24, 2.45) is 14.1 Å². The highest BCUT2D eigenvalue weighted by molar-refractivity contribution is 5.92. The van der Waals surface area contributed by atoms with Crippen LogP contribution in [0.15, 0.2) is 15.7 Å². The number of rotatable bonds is 1. The molecule has 7 heteroatoms. The van der Waals surface area contributed by atoms with Crippen molar-refractivity contribution in [3.63, 3.8) is 0 Å². The van der Waals surface area contributed by atoms with E-state index >= 15 is 0 Å². The number of aromatic nitrogens is 2. The minimum atomic E-state index is -0.480. The lowest BCUT2D eigenvalue weighted by molar-refractivity contribution is -0.00693. The third-order valence-electron chi connectivity index (χ3n) is 5.12. The zero-order valence-corrected chi connectivity index (χ0v) is 13.7. The third-order valence-corrected chi connectivity index (χ3v) is 5.12. The third kappa shape index (κ3) is 2.85. The van der Waals surface area contributed by atoms with E-state index in [1.165, 1.54) is 24.7 Å². The zero-order chi connectivity index (χ0) is 16.6. The topological polar surface area (TPSA) is 73.5 Å². The van der Waals surface area contributed by atoms with Gasteiger partial charge in [0.1, 0.15) is 5.69 Å². The predicted molar refractivity (Wildman–Crippen MR) is 84.6 cm³/mol. The van der Waals surface area contributed by atoms with Crippen molar-refractivity contribution in [2.75, 3.05) is 19.7 Å². The Morgan fingerprint density at radius 2 is 1.83 bits per heavy atom. The first-order valence-electron chi connectivity index (χ1n) is 8.14. The van der Waals surface area contributed by atoms with Crippen LogP contribution >= 0.6 is 0 Å². The summed E-state index contributed by atoms with van der Waals surface area (Å²) in [5.74, 6) is -0.252. The normalized spacial score (nSPS) is 24.9. The van der Waals surface area contributed by atoms with Crippen molar-refractivity contribution in [3.05, 3.63) is 32.6 Å². The van der Waals surface area contributed by atoms with E-state index in [-0.39, 0.29) is 17.2 Å². The molecule has 1 amide bonds. The van der Waals surface area contributed by atoms with Gasteiger partial charge in [-0.05, 0) is 32.1 Å². The minimum absolute atomic E-state index is 0.0757. The predicted octanol–water partition coefficient (Wildman–Crippen LogP) is 0.259. The van der Waals surface area contributed by atoms with Gasteiger partial charge in [0.25, 0.3) is 11.5 Å². The number of ether oxygens (including phenoxy) is 1. The van der Waals surface area contributed by atoms with E-state index in [4.69, 9.17) is 4.74 Å². The van der Waals surface area contributed by atoms with Gasteiger partial charge in [0.05, 0.1) is 5.60 Å². The molecule has 0 aliphatic carbocycles. The van der Waals surface area contributed by atoms with Crippen molar-refractivity contribution in [2.45, 2.75) is 37.7 Å². The maximum absolute atomic E-state index is 12.8. The van der Waals surface area contributed by atoms with Crippen LogP contribution < -0.4 is 11.2 Å². The number of hydrogen-bond acceptors (Lipinski definition) is 4. The van der Waals surface area contributed by atoms with Crippen LogP contribution in [0.2, 0.25) is 0 Å². The molecular formula is C16H23N3O4. The fourth-order valence-corrected chi connectivity index (χ4v) is 3.62. The summed E-state index contributed by atoms with van der Waals surface area (Å²) in [6.07, 6.45) is 4.80. The molecule has 0 radical (unpaired) electrons. The number of amides is 1. The molecule has 1 aromatic heterocycles. The van der Waals surface area contributed by atoms with Crippen LogP contribution in [0.4, 0.5) is 0 Å². The van der Waals surface area contributed by atoms with Gasteiger partial charge in [0.2, 0.25) is 0 Å². The van der Waals surface area contributed by atoms with Crippen molar-refractivity contribution in [3.8, 4) is 0 Å². The van der Waals surface area contributed by atoms with Crippen molar-refractivity contribution in [1.29, 1.82) is 0 Å². The first kappa shape index (κ1) is 16.0. The first-order valence-corrected chi connectivity index (χ1v) is 8.14. The van der Waals surface area contributed by atoms with E-state index in [0.717, 1.165) is 43.3 Å². The fraction of sp³-hybridized carbons (Fsp3) is 0.688. The zero-order valence-electron chi connectivity index (χ0n) is 13.7. The number of carbonyl (C=O) groups excluding carboxylic acids is 1. The van der Waals surface area contributed by atoms with Crippen LogP contribution in [0, 0.1) is 0 Å². The van der Waals surface area contributed by atoms with Gasteiger partial charge in [-0.25, -0.2) is 4.79 Å². The summed E-state index contributed by atoms with van der Waals surface area (Å²) in [6, 6.07) is 1.25. The molecule has 0 aromatic carbocycles. The van der Waals surface area contributed by atoms with Gasteiger partial charge in [0, 0.05) is 39.9 Å². The number of carbonyl (C=O) groups is 1. The SMILES string of the molecule is Cn1c(C(=O)N2CCC[C@@]3(CCCO3)CC2)cc(=O)n(C)c1=O. The van der Waals surface area contributed by atoms with E-state index in [0.29, 0.717) is 13.1 Å². The van der Waals surface area contributed by atoms with E-state index in [1.54, 1.807) is 4.90 Å². The van der Waals surface area contributed by atoms with Gasteiger partial charge < -0.3 is 9.64 Å². The van der Waals surface area contributed by atoms with Gasteiger partial charge in [-0.3, -0.25) is 18.7 Å².